The highest BCUT2D eigenvalue weighted by Gasteiger charge is 2.09. The quantitative estimate of drug-likeness (QED) is 0.681. The van der Waals surface area contributed by atoms with Crippen molar-refractivity contribution >= 4 is 5.95 Å². The van der Waals surface area contributed by atoms with Gasteiger partial charge in [0.1, 0.15) is 6.61 Å². The minimum atomic E-state index is -0.00634. The van der Waals surface area contributed by atoms with Gasteiger partial charge in [-0.2, -0.15) is 9.97 Å². The average Bonchev–Trinajstić information content (AvgIpc) is 2.34. The van der Waals surface area contributed by atoms with Crippen LogP contribution in [0.5, 0.6) is 12.0 Å². The summed E-state index contributed by atoms with van der Waals surface area (Å²) in [5.74, 6) is 0.444. The Balaban J connectivity index is 2.68. The monoisotopic (exact) mass is 270 g/mol. The van der Waals surface area contributed by atoms with E-state index in [0.29, 0.717) is 32.3 Å². The average molecular weight is 270 g/mol. The zero-order chi connectivity index (χ0) is 14.1. The predicted molar refractivity (Wildman–Crippen MR) is 71.7 cm³/mol. The molecule has 0 radical (unpaired) electrons. The number of rotatable bonds is 9. The van der Waals surface area contributed by atoms with E-state index in [1.165, 1.54) is 0 Å². The van der Waals surface area contributed by atoms with Crippen LogP contribution < -0.4 is 14.8 Å². The molecule has 0 spiro atoms. The highest BCUT2D eigenvalue weighted by atomic mass is 16.5. The van der Waals surface area contributed by atoms with Crippen LogP contribution in [0.4, 0.5) is 5.95 Å². The second-order valence-electron chi connectivity index (χ2n) is 3.97. The maximum atomic E-state index is 5.46. The Morgan fingerprint density at radius 2 is 1.79 bits per heavy atom. The smallest absolute Gasteiger partial charge is 0.324 e. The molecule has 1 N–H and O–H groups in total. The summed E-state index contributed by atoms with van der Waals surface area (Å²) in [5.41, 5.74) is 0. The summed E-state index contributed by atoms with van der Waals surface area (Å²) in [5, 5.41) is 3.01. The van der Waals surface area contributed by atoms with Crippen molar-refractivity contribution in [3.8, 4) is 12.0 Å². The fourth-order valence-electron chi connectivity index (χ4n) is 1.24. The Morgan fingerprint density at radius 3 is 2.42 bits per heavy atom. The van der Waals surface area contributed by atoms with E-state index >= 15 is 0 Å². The van der Waals surface area contributed by atoms with Crippen molar-refractivity contribution in [2.75, 3.05) is 31.7 Å². The number of nitrogens with one attached hydrogen (secondary N) is 1. The third-order valence-corrected chi connectivity index (χ3v) is 1.93. The number of hydrogen-bond acceptors (Lipinski definition) is 7. The molecule has 0 aromatic carbocycles. The van der Waals surface area contributed by atoms with Gasteiger partial charge in [0.2, 0.25) is 5.95 Å². The summed E-state index contributed by atoms with van der Waals surface area (Å²) < 4.78 is 16.1. The lowest BCUT2D eigenvalue weighted by Crippen LogP contribution is -2.14. The van der Waals surface area contributed by atoms with Gasteiger partial charge in [-0.05, 0) is 27.7 Å². The zero-order valence-corrected chi connectivity index (χ0v) is 12.0. The summed E-state index contributed by atoms with van der Waals surface area (Å²) in [6, 6.07) is 0.494. The van der Waals surface area contributed by atoms with Crippen molar-refractivity contribution in [3.05, 3.63) is 0 Å². The van der Waals surface area contributed by atoms with Crippen LogP contribution in [0.15, 0.2) is 0 Å². The molecule has 0 saturated carbocycles. The first-order valence-electron chi connectivity index (χ1n) is 6.52. The molecule has 0 unspecified atom stereocenters. The van der Waals surface area contributed by atoms with Gasteiger partial charge in [0.25, 0.3) is 0 Å². The van der Waals surface area contributed by atoms with Gasteiger partial charge in [-0.1, -0.05) is 0 Å². The molecule has 0 amide bonds. The predicted octanol–water partition coefficient (Wildman–Crippen LogP) is 1.51. The normalized spacial score (nSPS) is 10.6. The van der Waals surface area contributed by atoms with Crippen LogP contribution in [0.2, 0.25) is 0 Å². The van der Waals surface area contributed by atoms with E-state index in [0.717, 1.165) is 0 Å². The second-order valence-corrected chi connectivity index (χ2v) is 3.97. The molecular weight excluding hydrogens is 248 g/mol. The van der Waals surface area contributed by atoms with Crippen molar-refractivity contribution in [1.29, 1.82) is 0 Å². The van der Waals surface area contributed by atoms with Gasteiger partial charge in [-0.15, -0.1) is 4.98 Å². The number of hydrogen-bond donors (Lipinski definition) is 1. The van der Waals surface area contributed by atoms with Crippen LogP contribution in [0.1, 0.15) is 27.7 Å². The summed E-state index contributed by atoms with van der Waals surface area (Å²) in [6.07, 6.45) is -0.00634. The Morgan fingerprint density at radius 1 is 1.05 bits per heavy atom. The van der Waals surface area contributed by atoms with Crippen LogP contribution >= 0.6 is 0 Å². The van der Waals surface area contributed by atoms with Crippen molar-refractivity contribution in [3.63, 3.8) is 0 Å². The third-order valence-electron chi connectivity index (χ3n) is 1.93. The van der Waals surface area contributed by atoms with E-state index in [-0.39, 0.29) is 18.1 Å². The van der Waals surface area contributed by atoms with E-state index in [1.54, 1.807) is 0 Å². The first kappa shape index (κ1) is 15.4. The van der Waals surface area contributed by atoms with Gasteiger partial charge in [-0.25, -0.2) is 0 Å². The van der Waals surface area contributed by atoms with Crippen LogP contribution in [-0.4, -0.2) is 47.4 Å². The maximum Gasteiger partial charge on any atom is 0.324 e. The number of nitrogens with zero attached hydrogens (tertiary/aromatic N) is 3. The topological polar surface area (TPSA) is 78.4 Å². The van der Waals surface area contributed by atoms with Crippen molar-refractivity contribution in [2.24, 2.45) is 0 Å². The van der Waals surface area contributed by atoms with Crippen LogP contribution in [0.25, 0.3) is 0 Å². The van der Waals surface area contributed by atoms with Gasteiger partial charge < -0.3 is 19.5 Å². The first-order chi connectivity index (χ1) is 9.15. The lowest BCUT2D eigenvalue weighted by atomic mass is 10.5. The van der Waals surface area contributed by atoms with Crippen LogP contribution in [0, 0.1) is 0 Å². The number of aromatic nitrogens is 3. The molecule has 1 rings (SSSR count). The Hall–Kier alpha value is -1.63. The van der Waals surface area contributed by atoms with Crippen molar-refractivity contribution in [1.82, 2.24) is 15.0 Å². The van der Waals surface area contributed by atoms with E-state index < -0.39 is 0 Å². The Kier molecular flexibility index (Phi) is 6.88. The van der Waals surface area contributed by atoms with Gasteiger partial charge in [-0.3, -0.25) is 0 Å². The molecule has 0 aliphatic rings. The van der Waals surface area contributed by atoms with E-state index in [2.05, 4.69) is 20.3 Å². The van der Waals surface area contributed by atoms with E-state index in [4.69, 9.17) is 14.2 Å². The minimum Gasteiger partial charge on any atom is -0.461 e. The standard InChI is InChI=1S/C12H22N4O3/c1-5-13-10-14-11(18-8-7-17-6-2)16-12(15-10)19-9(3)4/h9H,5-8H2,1-4H3,(H,13,14,15,16). The van der Waals surface area contributed by atoms with Crippen LogP contribution in [-0.2, 0) is 4.74 Å². The van der Waals surface area contributed by atoms with Gasteiger partial charge >= 0.3 is 12.0 Å². The first-order valence-corrected chi connectivity index (χ1v) is 6.52. The molecule has 1 aromatic rings. The van der Waals surface area contributed by atoms with Gasteiger partial charge in [0.05, 0.1) is 12.7 Å². The highest BCUT2D eigenvalue weighted by molar-refractivity contribution is 5.27. The van der Waals surface area contributed by atoms with Gasteiger partial charge in [0.15, 0.2) is 0 Å². The fourth-order valence-corrected chi connectivity index (χ4v) is 1.24. The molecule has 0 aliphatic heterocycles. The molecule has 19 heavy (non-hydrogen) atoms. The molecule has 0 fully saturated rings. The largest absolute Gasteiger partial charge is 0.461 e. The molecule has 108 valence electrons. The molecule has 1 heterocycles. The molecule has 7 heteroatoms. The van der Waals surface area contributed by atoms with Crippen LogP contribution in [0.3, 0.4) is 0 Å². The second kappa shape index (κ2) is 8.47. The maximum absolute atomic E-state index is 5.46. The van der Waals surface area contributed by atoms with Gasteiger partial charge in [0, 0.05) is 13.2 Å². The lowest BCUT2D eigenvalue weighted by Gasteiger charge is -2.11. The summed E-state index contributed by atoms with van der Waals surface area (Å²) in [4.78, 5) is 12.4. The zero-order valence-electron chi connectivity index (χ0n) is 12.0. The molecule has 0 atom stereocenters. The molecule has 0 saturated heterocycles. The Labute approximate surface area is 113 Å². The molecule has 1 aromatic heterocycles. The van der Waals surface area contributed by atoms with E-state index in [9.17, 15) is 0 Å². The highest BCUT2D eigenvalue weighted by Crippen LogP contribution is 2.13. The Bertz CT molecular complexity index is 374. The SMILES string of the molecule is CCNc1nc(OCCOCC)nc(OC(C)C)n1. The number of ether oxygens (including phenoxy) is 3. The molecule has 0 aliphatic carbocycles. The molecule has 7 nitrogen and oxygen atoms in total. The molecule has 0 bridgehead atoms. The third kappa shape index (κ3) is 6.19. The van der Waals surface area contributed by atoms with Crippen molar-refractivity contribution in [2.45, 2.75) is 33.8 Å². The minimum absolute atomic E-state index is 0.00634. The lowest BCUT2D eigenvalue weighted by molar-refractivity contribution is 0.105. The fraction of sp³-hybridized carbons (Fsp3) is 0.750. The summed E-state index contributed by atoms with van der Waals surface area (Å²) in [6.45, 7) is 9.97. The molecular formula is C12H22N4O3. The van der Waals surface area contributed by atoms with E-state index in [1.807, 2.05) is 27.7 Å². The number of anilines is 1. The summed E-state index contributed by atoms with van der Waals surface area (Å²) in [7, 11) is 0. The van der Waals surface area contributed by atoms with Crippen molar-refractivity contribution < 1.29 is 14.2 Å². The summed E-state index contributed by atoms with van der Waals surface area (Å²) >= 11 is 0.